The zero-order chi connectivity index (χ0) is 14.7. The van der Waals surface area contributed by atoms with E-state index < -0.39 is 0 Å². The molecule has 5 heteroatoms. The van der Waals surface area contributed by atoms with Crippen LogP contribution in [0.5, 0.6) is 0 Å². The van der Waals surface area contributed by atoms with Gasteiger partial charge in [-0.3, -0.25) is 0 Å². The summed E-state index contributed by atoms with van der Waals surface area (Å²) in [7, 11) is 0. The van der Waals surface area contributed by atoms with Gasteiger partial charge < -0.3 is 5.32 Å². The Morgan fingerprint density at radius 3 is 2.71 bits per heavy atom. The van der Waals surface area contributed by atoms with Crippen LogP contribution in [0.25, 0.3) is 5.69 Å². The van der Waals surface area contributed by atoms with Gasteiger partial charge >= 0.3 is 0 Å². The molecule has 1 heterocycles. The molecule has 0 aliphatic rings. The van der Waals surface area contributed by atoms with Crippen LogP contribution in [0.4, 0.5) is 5.69 Å². The molecule has 0 unspecified atom stereocenters. The second kappa shape index (κ2) is 6.26. The predicted molar refractivity (Wildman–Crippen MR) is 92.6 cm³/mol. The van der Waals surface area contributed by atoms with Crippen LogP contribution in [0.1, 0.15) is 11.3 Å². The molecule has 0 saturated heterocycles. The third-order valence-corrected chi connectivity index (χ3v) is 3.85. The first-order valence-electron chi connectivity index (χ1n) is 6.69. The summed E-state index contributed by atoms with van der Waals surface area (Å²) in [5, 5.41) is 12.2. The van der Waals surface area contributed by atoms with Gasteiger partial charge in [-0.25, -0.2) is 0 Å². The maximum atomic E-state index is 4.48. The van der Waals surface area contributed by atoms with E-state index in [1.165, 1.54) is 9.13 Å². The van der Waals surface area contributed by atoms with E-state index in [2.05, 4.69) is 63.2 Å². The Morgan fingerprint density at radius 1 is 1.14 bits per heavy atom. The van der Waals surface area contributed by atoms with Crippen LogP contribution in [0, 0.1) is 10.5 Å². The minimum atomic E-state index is 0.661. The molecule has 0 saturated carbocycles. The Hall–Kier alpha value is -1.89. The van der Waals surface area contributed by atoms with Crippen LogP contribution >= 0.6 is 22.6 Å². The van der Waals surface area contributed by atoms with Crippen LogP contribution in [-0.2, 0) is 6.54 Å². The molecular formula is C16H15IN4. The maximum Gasteiger partial charge on any atom is 0.102 e. The summed E-state index contributed by atoms with van der Waals surface area (Å²) in [4.78, 5) is 1.65. The minimum Gasteiger partial charge on any atom is -0.379 e. The first-order chi connectivity index (χ1) is 10.2. The third-order valence-electron chi connectivity index (χ3n) is 3.17. The van der Waals surface area contributed by atoms with Gasteiger partial charge in [-0.1, -0.05) is 18.2 Å². The van der Waals surface area contributed by atoms with Gasteiger partial charge in [-0.15, -0.1) is 0 Å². The molecule has 4 nitrogen and oxygen atoms in total. The average molecular weight is 390 g/mol. The summed E-state index contributed by atoms with van der Waals surface area (Å²) in [5.41, 5.74) is 4.24. The van der Waals surface area contributed by atoms with Gasteiger partial charge in [-0.2, -0.15) is 15.0 Å². The van der Waals surface area contributed by atoms with Crippen LogP contribution < -0.4 is 5.32 Å². The molecule has 0 spiro atoms. The highest BCUT2D eigenvalue weighted by molar-refractivity contribution is 14.1. The molecule has 21 heavy (non-hydrogen) atoms. The van der Waals surface area contributed by atoms with Gasteiger partial charge in [0.25, 0.3) is 0 Å². The van der Waals surface area contributed by atoms with Gasteiger partial charge in [0.15, 0.2) is 0 Å². The second-order valence-corrected chi connectivity index (χ2v) is 6.02. The van der Waals surface area contributed by atoms with Gasteiger partial charge in [0, 0.05) is 9.26 Å². The fourth-order valence-electron chi connectivity index (χ4n) is 2.07. The summed E-state index contributed by atoms with van der Waals surface area (Å²) < 4.78 is 1.24. The van der Waals surface area contributed by atoms with Crippen molar-refractivity contribution in [1.29, 1.82) is 0 Å². The van der Waals surface area contributed by atoms with E-state index in [9.17, 15) is 0 Å². The Kier molecular flexibility index (Phi) is 4.19. The van der Waals surface area contributed by atoms with Crippen molar-refractivity contribution in [3.8, 4) is 5.69 Å². The molecule has 0 fully saturated rings. The van der Waals surface area contributed by atoms with Crippen molar-refractivity contribution in [3.05, 3.63) is 69.6 Å². The topological polar surface area (TPSA) is 42.7 Å². The first-order valence-corrected chi connectivity index (χ1v) is 7.77. The molecule has 3 rings (SSSR count). The van der Waals surface area contributed by atoms with Crippen molar-refractivity contribution in [3.63, 3.8) is 0 Å². The fraction of sp³-hybridized carbons (Fsp3) is 0.125. The molecule has 1 aromatic heterocycles. The quantitative estimate of drug-likeness (QED) is 0.690. The number of hydrogen-bond donors (Lipinski definition) is 1. The Bertz CT molecular complexity index is 737. The number of aryl methyl sites for hydroxylation is 1. The normalized spacial score (nSPS) is 10.6. The van der Waals surface area contributed by atoms with Crippen molar-refractivity contribution in [1.82, 2.24) is 15.0 Å². The summed E-state index contributed by atoms with van der Waals surface area (Å²) in [5.74, 6) is 0. The van der Waals surface area contributed by atoms with E-state index in [4.69, 9.17) is 0 Å². The van der Waals surface area contributed by atoms with Crippen LogP contribution in [0.2, 0.25) is 0 Å². The van der Waals surface area contributed by atoms with E-state index >= 15 is 0 Å². The molecule has 0 radical (unpaired) electrons. The zero-order valence-corrected chi connectivity index (χ0v) is 13.8. The number of anilines is 1. The number of rotatable bonds is 4. The number of aromatic nitrogens is 3. The Labute approximate surface area is 137 Å². The number of para-hydroxylation sites is 1. The molecule has 0 aliphatic heterocycles. The highest BCUT2D eigenvalue weighted by Crippen LogP contribution is 2.18. The largest absolute Gasteiger partial charge is 0.379 e. The number of nitrogens with zero attached hydrogens (tertiary/aromatic N) is 3. The number of benzene rings is 2. The van der Waals surface area contributed by atoms with E-state index in [-0.39, 0.29) is 0 Å². The zero-order valence-electron chi connectivity index (χ0n) is 11.6. The SMILES string of the molecule is Cc1cc(I)ccc1NCc1cnn(-c2ccccc2)n1. The van der Waals surface area contributed by atoms with Crippen LogP contribution in [0.15, 0.2) is 54.7 Å². The first kappa shape index (κ1) is 14.1. The van der Waals surface area contributed by atoms with Gasteiger partial charge in [0.2, 0.25) is 0 Å². The maximum absolute atomic E-state index is 4.48. The highest BCUT2D eigenvalue weighted by atomic mass is 127. The summed E-state index contributed by atoms with van der Waals surface area (Å²) >= 11 is 2.32. The molecule has 1 N–H and O–H groups in total. The monoisotopic (exact) mass is 390 g/mol. The number of halogens is 1. The van der Waals surface area contributed by atoms with Crippen molar-refractivity contribution in [2.75, 3.05) is 5.32 Å². The van der Waals surface area contributed by atoms with Crippen molar-refractivity contribution < 1.29 is 0 Å². The molecule has 0 bridgehead atoms. The lowest BCUT2D eigenvalue weighted by Crippen LogP contribution is -2.03. The summed E-state index contributed by atoms with van der Waals surface area (Å²) in [6.45, 7) is 2.76. The molecule has 0 atom stereocenters. The standard InChI is InChI=1S/C16H15IN4/c1-12-9-13(17)7-8-16(12)18-10-14-11-19-21(20-14)15-5-3-2-4-6-15/h2-9,11,18H,10H2,1H3. The third kappa shape index (κ3) is 3.41. The predicted octanol–water partition coefficient (Wildman–Crippen LogP) is 3.79. The Morgan fingerprint density at radius 2 is 1.95 bits per heavy atom. The lowest BCUT2D eigenvalue weighted by Gasteiger charge is -2.08. The minimum absolute atomic E-state index is 0.661. The van der Waals surface area contributed by atoms with Crippen molar-refractivity contribution >= 4 is 28.3 Å². The highest BCUT2D eigenvalue weighted by Gasteiger charge is 2.04. The lowest BCUT2D eigenvalue weighted by molar-refractivity contribution is 0.740. The van der Waals surface area contributed by atoms with E-state index in [0.717, 1.165) is 17.1 Å². The van der Waals surface area contributed by atoms with E-state index in [1.807, 2.05) is 30.3 Å². The summed E-state index contributed by atoms with van der Waals surface area (Å²) in [6.07, 6.45) is 1.79. The molecule has 3 aromatic rings. The van der Waals surface area contributed by atoms with E-state index in [1.54, 1.807) is 11.0 Å². The number of nitrogens with one attached hydrogen (secondary N) is 1. The fourth-order valence-corrected chi connectivity index (χ4v) is 2.72. The molecule has 0 amide bonds. The van der Waals surface area contributed by atoms with Gasteiger partial charge in [-0.05, 0) is 65.4 Å². The van der Waals surface area contributed by atoms with Gasteiger partial charge in [0.1, 0.15) is 5.69 Å². The number of hydrogen-bond acceptors (Lipinski definition) is 3. The lowest BCUT2D eigenvalue weighted by atomic mass is 10.2. The molecule has 2 aromatic carbocycles. The van der Waals surface area contributed by atoms with Crippen molar-refractivity contribution in [2.24, 2.45) is 0 Å². The Balaban J connectivity index is 1.70. The van der Waals surface area contributed by atoms with E-state index in [0.29, 0.717) is 6.54 Å². The van der Waals surface area contributed by atoms with Crippen LogP contribution in [0.3, 0.4) is 0 Å². The second-order valence-electron chi connectivity index (χ2n) is 4.77. The molecule has 106 valence electrons. The molecule has 0 aliphatic carbocycles. The smallest absolute Gasteiger partial charge is 0.102 e. The average Bonchev–Trinajstić information content (AvgIpc) is 2.96. The summed E-state index contributed by atoms with van der Waals surface area (Å²) in [6, 6.07) is 16.3. The van der Waals surface area contributed by atoms with Crippen LogP contribution in [-0.4, -0.2) is 15.0 Å². The van der Waals surface area contributed by atoms with Crippen molar-refractivity contribution in [2.45, 2.75) is 13.5 Å². The molecular weight excluding hydrogens is 375 g/mol. The van der Waals surface area contributed by atoms with Gasteiger partial charge in [0.05, 0.1) is 18.4 Å².